The Morgan fingerprint density at radius 1 is 1.15 bits per heavy atom. The summed E-state index contributed by atoms with van der Waals surface area (Å²) in [6, 6.07) is 6.49. The van der Waals surface area contributed by atoms with Crippen LogP contribution >= 0.6 is 11.6 Å². The number of amides is 1. The molecular formula is C18H15ClF3NO4. The van der Waals surface area contributed by atoms with Gasteiger partial charge >= 0.3 is 5.97 Å². The average Bonchev–Trinajstić information content (AvgIpc) is 2.62. The van der Waals surface area contributed by atoms with E-state index in [1.807, 2.05) is 12.2 Å². The highest BCUT2D eigenvalue weighted by molar-refractivity contribution is 6.32. The van der Waals surface area contributed by atoms with Gasteiger partial charge in [0.15, 0.2) is 30.2 Å². The highest BCUT2D eigenvalue weighted by Crippen LogP contribution is 2.25. The van der Waals surface area contributed by atoms with Crippen molar-refractivity contribution in [1.29, 1.82) is 0 Å². The number of nitrogens with one attached hydrogen (secondary N) is 1. The highest BCUT2D eigenvalue weighted by Gasteiger charge is 2.21. The normalized spacial score (nSPS) is 11.6. The van der Waals surface area contributed by atoms with E-state index in [1.54, 1.807) is 18.2 Å². The van der Waals surface area contributed by atoms with E-state index >= 15 is 0 Å². The lowest BCUT2D eigenvalue weighted by molar-refractivity contribution is -0.155. The summed E-state index contributed by atoms with van der Waals surface area (Å²) in [6.45, 7) is 2.52. The van der Waals surface area contributed by atoms with Gasteiger partial charge in [-0.15, -0.1) is 0 Å². The van der Waals surface area contributed by atoms with Crippen molar-refractivity contribution in [3.8, 4) is 5.75 Å². The van der Waals surface area contributed by atoms with Gasteiger partial charge < -0.3 is 14.8 Å². The lowest BCUT2D eigenvalue weighted by atomic mass is 10.2. The minimum Gasteiger partial charge on any atom is -0.480 e. The fourth-order valence-corrected chi connectivity index (χ4v) is 2.17. The summed E-state index contributed by atoms with van der Waals surface area (Å²) < 4.78 is 49.7. The quantitative estimate of drug-likeness (QED) is 0.586. The molecule has 0 saturated carbocycles. The number of hydrogen-bond acceptors (Lipinski definition) is 4. The maximum Gasteiger partial charge on any atom is 0.344 e. The SMILES string of the molecule is Cc1ccc(Cl)c(OCC(=O)OC(C)C(=O)Nc2ccc(F)c(F)c2F)c1. The standard InChI is InChI=1S/C18H15ClF3NO4/c1-9-3-4-11(19)14(7-9)26-8-15(24)27-10(2)18(25)23-13-6-5-12(20)16(21)17(13)22/h3-7,10H,8H2,1-2H3,(H,23,25). The Balaban J connectivity index is 1.91. The van der Waals surface area contributed by atoms with Crippen LogP contribution in [0.4, 0.5) is 18.9 Å². The third-order valence-corrected chi connectivity index (χ3v) is 3.71. The largest absolute Gasteiger partial charge is 0.480 e. The van der Waals surface area contributed by atoms with Gasteiger partial charge in [-0.05, 0) is 43.7 Å². The van der Waals surface area contributed by atoms with Gasteiger partial charge in [0.2, 0.25) is 0 Å². The molecule has 0 aromatic heterocycles. The molecule has 0 bridgehead atoms. The second-order valence-corrected chi connectivity index (χ2v) is 5.97. The molecular weight excluding hydrogens is 387 g/mol. The fourth-order valence-electron chi connectivity index (χ4n) is 2.00. The predicted octanol–water partition coefficient (Wildman–Crippen LogP) is 4.01. The van der Waals surface area contributed by atoms with E-state index in [2.05, 4.69) is 0 Å². The Morgan fingerprint density at radius 2 is 1.85 bits per heavy atom. The molecule has 5 nitrogen and oxygen atoms in total. The van der Waals surface area contributed by atoms with Crippen molar-refractivity contribution in [3.05, 3.63) is 58.4 Å². The number of aryl methyl sites for hydroxylation is 1. The van der Waals surface area contributed by atoms with Gasteiger partial charge in [0, 0.05) is 0 Å². The molecule has 0 aliphatic rings. The summed E-state index contributed by atoms with van der Waals surface area (Å²) in [6.07, 6.45) is -1.33. The predicted molar refractivity (Wildman–Crippen MR) is 92.2 cm³/mol. The summed E-state index contributed by atoms with van der Waals surface area (Å²) in [5.74, 6) is -6.20. The topological polar surface area (TPSA) is 64.6 Å². The van der Waals surface area contributed by atoms with Crippen molar-refractivity contribution in [2.45, 2.75) is 20.0 Å². The first-order valence-electron chi connectivity index (χ1n) is 7.72. The molecule has 0 aliphatic carbocycles. The molecule has 0 heterocycles. The Hall–Kier alpha value is -2.74. The summed E-state index contributed by atoms with van der Waals surface area (Å²) >= 11 is 5.93. The minimum atomic E-state index is -1.72. The Morgan fingerprint density at radius 3 is 2.56 bits per heavy atom. The zero-order valence-corrected chi connectivity index (χ0v) is 15.1. The zero-order valence-electron chi connectivity index (χ0n) is 14.3. The number of ether oxygens (including phenoxy) is 2. The average molecular weight is 402 g/mol. The van der Waals surface area contributed by atoms with Crippen LogP contribution in [0.25, 0.3) is 0 Å². The molecule has 144 valence electrons. The molecule has 0 aliphatic heterocycles. The van der Waals surface area contributed by atoms with E-state index in [9.17, 15) is 22.8 Å². The van der Waals surface area contributed by atoms with Gasteiger partial charge in [-0.1, -0.05) is 17.7 Å². The number of hydrogen-bond donors (Lipinski definition) is 1. The van der Waals surface area contributed by atoms with Crippen molar-refractivity contribution >= 4 is 29.2 Å². The first-order chi connectivity index (χ1) is 12.7. The molecule has 27 heavy (non-hydrogen) atoms. The number of anilines is 1. The molecule has 0 radical (unpaired) electrons. The van der Waals surface area contributed by atoms with E-state index in [4.69, 9.17) is 21.1 Å². The van der Waals surface area contributed by atoms with Crippen LogP contribution in [0.5, 0.6) is 5.75 Å². The van der Waals surface area contributed by atoms with Crippen LogP contribution in [0.15, 0.2) is 30.3 Å². The molecule has 0 spiro atoms. The summed E-state index contributed by atoms with van der Waals surface area (Å²) in [7, 11) is 0. The van der Waals surface area contributed by atoms with Gasteiger partial charge in [0.05, 0.1) is 10.7 Å². The molecule has 1 amide bonds. The van der Waals surface area contributed by atoms with E-state index in [-0.39, 0.29) is 5.75 Å². The van der Waals surface area contributed by atoms with Crippen LogP contribution in [0.2, 0.25) is 5.02 Å². The lowest BCUT2D eigenvalue weighted by Gasteiger charge is -2.15. The first-order valence-corrected chi connectivity index (χ1v) is 8.09. The lowest BCUT2D eigenvalue weighted by Crippen LogP contribution is -2.32. The van der Waals surface area contributed by atoms with Crippen molar-refractivity contribution in [2.24, 2.45) is 0 Å². The fraction of sp³-hybridized carbons (Fsp3) is 0.222. The van der Waals surface area contributed by atoms with Gasteiger partial charge in [-0.2, -0.15) is 0 Å². The van der Waals surface area contributed by atoms with E-state index in [0.717, 1.165) is 11.6 Å². The summed E-state index contributed by atoms with van der Waals surface area (Å²) in [5.41, 5.74) is 0.286. The number of esters is 1. The van der Waals surface area contributed by atoms with Crippen molar-refractivity contribution in [1.82, 2.24) is 0 Å². The molecule has 1 unspecified atom stereocenters. The van der Waals surface area contributed by atoms with E-state index < -0.39 is 47.7 Å². The Labute approximate surface area is 158 Å². The minimum absolute atomic E-state index is 0.273. The Bertz CT molecular complexity index is 876. The van der Waals surface area contributed by atoms with Gasteiger partial charge in [-0.25, -0.2) is 18.0 Å². The van der Waals surface area contributed by atoms with Crippen LogP contribution in [0.1, 0.15) is 12.5 Å². The van der Waals surface area contributed by atoms with Crippen LogP contribution in [0, 0.1) is 24.4 Å². The molecule has 2 aromatic rings. The molecule has 0 saturated heterocycles. The first kappa shape index (κ1) is 20.6. The smallest absolute Gasteiger partial charge is 0.344 e. The molecule has 1 atom stereocenters. The third kappa shape index (κ3) is 5.37. The summed E-state index contributed by atoms with van der Waals surface area (Å²) in [4.78, 5) is 23.7. The molecule has 9 heteroatoms. The maximum absolute atomic E-state index is 13.6. The number of carbonyl (C=O) groups is 2. The van der Waals surface area contributed by atoms with Gasteiger partial charge in [0.25, 0.3) is 5.91 Å². The van der Waals surface area contributed by atoms with Gasteiger partial charge in [-0.3, -0.25) is 4.79 Å². The van der Waals surface area contributed by atoms with Crippen LogP contribution in [-0.2, 0) is 14.3 Å². The molecule has 1 N–H and O–H groups in total. The highest BCUT2D eigenvalue weighted by atomic mass is 35.5. The second-order valence-electron chi connectivity index (χ2n) is 5.57. The number of benzene rings is 2. The monoisotopic (exact) mass is 401 g/mol. The van der Waals surface area contributed by atoms with Crippen LogP contribution < -0.4 is 10.1 Å². The maximum atomic E-state index is 13.6. The molecule has 2 aromatic carbocycles. The van der Waals surface area contributed by atoms with E-state index in [0.29, 0.717) is 11.1 Å². The van der Waals surface area contributed by atoms with Crippen LogP contribution in [-0.4, -0.2) is 24.6 Å². The van der Waals surface area contributed by atoms with E-state index in [1.165, 1.54) is 6.92 Å². The zero-order chi connectivity index (χ0) is 20.1. The van der Waals surface area contributed by atoms with Crippen molar-refractivity contribution in [2.75, 3.05) is 11.9 Å². The molecule has 2 rings (SSSR count). The van der Waals surface area contributed by atoms with Crippen molar-refractivity contribution in [3.63, 3.8) is 0 Å². The third-order valence-electron chi connectivity index (χ3n) is 3.40. The summed E-state index contributed by atoms with van der Waals surface area (Å²) in [5, 5.41) is 2.31. The Kier molecular flexibility index (Phi) is 6.68. The number of rotatable bonds is 6. The number of carbonyl (C=O) groups excluding carboxylic acids is 2. The number of halogens is 4. The molecule has 0 fully saturated rings. The van der Waals surface area contributed by atoms with Crippen molar-refractivity contribution < 1.29 is 32.2 Å². The second kappa shape index (κ2) is 8.77. The van der Waals surface area contributed by atoms with Crippen LogP contribution in [0.3, 0.4) is 0 Å². The van der Waals surface area contributed by atoms with Gasteiger partial charge in [0.1, 0.15) is 5.75 Å².